The van der Waals surface area contributed by atoms with Crippen LogP contribution in [0.2, 0.25) is 0 Å². The highest BCUT2D eigenvalue weighted by atomic mass is 16.1. The number of ketones is 1. The summed E-state index contributed by atoms with van der Waals surface area (Å²) in [4.78, 5) is 10.7. The Hall–Kier alpha value is -0.590. The fourth-order valence-electron chi connectivity index (χ4n) is 2.09. The first-order chi connectivity index (χ1) is 11.2. The van der Waals surface area contributed by atoms with E-state index in [9.17, 15) is 4.79 Å². The zero-order chi connectivity index (χ0) is 18.2. The topological polar surface area (TPSA) is 17.1 Å². The van der Waals surface area contributed by atoms with Gasteiger partial charge in [0.05, 0.1) is 0 Å². The van der Waals surface area contributed by atoms with Gasteiger partial charge >= 0.3 is 0 Å². The van der Waals surface area contributed by atoms with Crippen molar-refractivity contribution in [3.8, 4) is 0 Å². The minimum absolute atomic E-state index is 0.327. The largest absolute Gasteiger partial charge is 0.300 e. The van der Waals surface area contributed by atoms with Gasteiger partial charge in [0, 0.05) is 6.42 Å². The Morgan fingerprint density at radius 1 is 0.696 bits per heavy atom. The molecular formula is C22H46O. The van der Waals surface area contributed by atoms with Crippen LogP contribution >= 0.6 is 0 Å². The van der Waals surface area contributed by atoms with E-state index in [1.807, 2.05) is 13.8 Å². The number of Topliss-reactive ketones (excluding diaryl/α,β-unsaturated/α-hetero) is 1. The Morgan fingerprint density at radius 3 is 1.52 bits per heavy atom. The molecule has 0 spiro atoms. The van der Waals surface area contributed by atoms with Crippen LogP contribution in [0.4, 0.5) is 0 Å². The Bertz CT molecular complexity index is 218. The maximum atomic E-state index is 10.7. The summed E-state index contributed by atoms with van der Waals surface area (Å²) in [7, 11) is 0. The predicted octanol–water partition coefficient (Wildman–Crippen LogP) is 8.28. The third kappa shape index (κ3) is 38.8. The van der Waals surface area contributed by atoms with Gasteiger partial charge in [-0.25, -0.2) is 0 Å². The van der Waals surface area contributed by atoms with Crippen LogP contribution in [0.15, 0.2) is 12.2 Å². The van der Waals surface area contributed by atoms with Crippen molar-refractivity contribution in [1.29, 1.82) is 0 Å². The molecule has 1 heteroatoms. The van der Waals surface area contributed by atoms with E-state index in [1.54, 1.807) is 6.92 Å². The summed E-state index contributed by atoms with van der Waals surface area (Å²) in [5.41, 5.74) is 0. The Kier molecular flexibility index (Phi) is 34.9. The Balaban J connectivity index is -0.000000710. The van der Waals surface area contributed by atoms with Crippen LogP contribution in [0.5, 0.6) is 0 Å². The Labute approximate surface area is 148 Å². The maximum absolute atomic E-state index is 10.7. The molecule has 0 aliphatic heterocycles. The predicted molar refractivity (Wildman–Crippen MR) is 108 cm³/mol. The van der Waals surface area contributed by atoms with Gasteiger partial charge in [0.2, 0.25) is 0 Å². The fraction of sp³-hybridized carbons (Fsp3) is 0.864. The van der Waals surface area contributed by atoms with Gasteiger partial charge < -0.3 is 4.79 Å². The summed E-state index contributed by atoms with van der Waals surface area (Å²) in [6, 6.07) is 0. The lowest BCUT2D eigenvalue weighted by atomic mass is 10.1. The zero-order valence-corrected chi connectivity index (χ0v) is 17.3. The molecule has 0 aromatic carbocycles. The maximum Gasteiger partial charge on any atom is 0.129 e. The molecule has 0 aromatic heterocycles. The minimum Gasteiger partial charge on any atom is -0.300 e. The van der Waals surface area contributed by atoms with Gasteiger partial charge in [-0.15, -0.1) is 0 Å². The van der Waals surface area contributed by atoms with Crippen molar-refractivity contribution >= 4 is 5.78 Å². The van der Waals surface area contributed by atoms with Crippen LogP contribution in [0.3, 0.4) is 0 Å². The average molecular weight is 327 g/mol. The molecule has 0 unspecified atom stereocenters. The van der Waals surface area contributed by atoms with Crippen LogP contribution in [-0.4, -0.2) is 5.78 Å². The number of allylic oxidation sites excluding steroid dienone is 2. The highest BCUT2D eigenvalue weighted by Crippen LogP contribution is 2.08. The molecule has 0 atom stereocenters. The SMILES string of the molecule is CC.CCC.CCCCCCCC/C=C\CCCCCC(C)=O. The third-order valence-corrected chi connectivity index (χ3v) is 3.29. The minimum atomic E-state index is 0.327. The summed E-state index contributed by atoms with van der Waals surface area (Å²) >= 11 is 0. The van der Waals surface area contributed by atoms with Crippen molar-refractivity contribution in [1.82, 2.24) is 0 Å². The van der Waals surface area contributed by atoms with Crippen molar-refractivity contribution < 1.29 is 4.79 Å². The highest BCUT2D eigenvalue weighted by molar-refractivity contribution is 5.75. The van der Waals surface area contributed by atoms with E-state index >= 15 is 0 Å². The smallest absolute Gasteiger partial charge is 0.129 e. The van der Waals surface area contributed by atoms with Crippen LogP contribution in [0, 0.1) is 0 Å². The first-order valence-corrected chi connectivity index (χ1v) is 10.3. The molecule has 0 radical (unpaired) electrons. The second kappa shape index (κ2) is 29.4. The van der Waals surface area contributed by atoms with Crippen LogP contribution < -0.4 is 0 Å². The molecule has 0 fully saturated rings. The van der Waals surface area contributed by atoms with E-state index in [-0.39, 0.29) is 0 Å². The number of unbranched alkanes of at least 4 members (excludes halogenated alkanes) is 9. The molecule has 0 N–H and O–H groups in total. The number of carbonyl (C=O) groups is 1. The molecule has 0 heterocycles. The van der Waals surface area contributed by atoms with Crippen molar-refractivity contribution in [3.05, 3.63) is 12.2 Å². The molecule has 0 aliphatic carbocycles. The van der Waals surface area contributed by atoms with Crippen LogP contribution in [-0.2, 0) is 4.79 Å². The number of carbonyl (C=O) groups excluding carboxylic acids is 1. The van der Waals surface area contributed by atoms with Gasteiger partial charge in [-0.1, -0.05) is 91.7 Å². The second-order valence-corrected chi connectivity index (χ2v) is 6.04. The number of rotatable bonds is 13. The standard InChI is InChI=1S/C17H32O.C3H8.C2H6/c1-3-4-5-6-7-8-9-10-11-12-13-14-15-16-17(2)18;1-3-2;1-2/h10-11H,3-9,12-16H2,1-2H3;3H2,1-2H3;1-2H3/b11-10-;;. The quantitative estimate of drug-likeness (QED) is 0.246. The monoisotopic (exact) mass is 326 g/mol. The van der Waals surface area contributed by atoms with Gasteiger partial charge in [-0.05, 0) is 39.0 Å². The molecule has 1 nitrogen and oxygen atoms in total. The van der Waals surface area contributed by atoms with Crippen molar-refractivity contribution in [2.24, 2.45) is 0 Å². The van der Waals surface area contributed by atoms with Crippen molar-refractivity contribution in [3.63, 3.8) is 0 Å². The Morgan fingerprint density at radius 2 is 1.09 bits per heavy atom. The number of hydrogen-bond donors (Lipinski definition) is 0. The van der Waals surface area contributed by atoms with Gasteiger partial charge in [0.15, 0.2) is 0 Å². The van der Waals surface area contributed by atoms with Gasteiger partial charge in [-0.2, -0.15) is 0 Å². The fourth-order valence-corrected chi connectivity index (χ4v) is 2.09. The lowest BCUT2D eigenvalue weighted by Gasteiger charge is -1.98. The molecule has 23 heavy (non-hydrogen) atoms. The highest BCUT2D eigenvalue weighted by Gasteiger charge is 1.92. The molecule has 140 valence electrons. The molecular weight excluding hydrogens is 280 g/mol. The zero-order valence-electron chi connectivity index (χ0n) is 17.3. The summed E-state index contributed by atoms with van der Waals surface area (Å²) in [5, 5.41) is 0. The summed E-state index contributed by atoms with van der Waals surface area (Å²) < 4.78 is 0. The van der Waals surface area contributed by atoms with E-state index in [0.717, 1.165) is 12.8 Å². The summed E-state index contributed by atoms with van der Waals surface area (Å²) in [5.74, 6) is 0.327. The summed E-state index contributed by atoms with van der Waals surface area (Å²) in [6.45, 7) is 12.2. The molecule has 0 saturated heterocycles. The lowest BCUT2D eigenvalue weighted by molar-refractivity contribution is -0.117. The number of hydrogen-bond acceptors (Lipinski definition) is 1. The van der Waals surface area contributed by atoms with E-state index in [1.165, 1.54) is 70.6 Å². The van der Waals surface area contributed by atoms with Crippen LogP contribution in [0.1, 0.15) is 125 Å². The molecule has 0 amide bonds. The van der Waals surface area contributed by atoms with E-state index in [4.69, 9.17) is 0 Å². The molecule has 0 aromatic rings. The van der Waals surface area contributed by atoms with Gasteiger partial charge in [0.1, 0.15) is 5.78 Å². The molecule has 0 aliphatic rings. The average Bonchev–Trinajstić information content (AvgIpc) is 2.54. The van der Waals surface area contributed by atoms with Crippen molar-refractivity contribution in [2.45, 2.75) is 125 Å². The van der Waals surface area contributed by atoms with Crippen molar-refractivity contribution in [2.75, 3.05) is 0 Å². The normalized spacial score (nSPS) is 9.83. The third-order valence-electron chi connectivity index (χ3n) is 3.29. The molecule has 0 rings (SSSR count). The van der Waals surface area contributed by atoms with Gasteiger partial charge in [-0.3, -0.25) is 0 Å². The van der Waals surface area contributed by atoms with E-state index in [0.29, 0.717) is 5.78 Å². The first-order valence-electron chi connectivity index (χ1n) is 10.3. The molecule has 0 bridgehead atoms. The first kappa shape index (κ1) is 27.3. The molecule has 0 saturated carbocycles. The van der Waals surface area contributed by atoms with E-state index in [2.05, 4.69) is 32.9 Å². The van der Waals surface area contributed by atoms with Crippen LogP contribution in [0.25, 0.3) is 0 Å². The van der Waals surface area contributed by atoms with Gasteiger partial charge in [0.25, 0.3) is 0 Å². The second-order valence-electron chi connectivity index (χ2n) is 6.04. The summed E-state index contributed by atoms with van der Waals surface area (Å²) in [6.07, 6.45) is 20.9. The lowest BCUT2D eigenvalue weighted by Crippen LogP contribution is -1.88. The van der Waals surface area contributed by atoms with E-state index < -0.39 is 0 Å².